The molecule has 1 aromatic heterocycles. The molecule has 1 aromatic carbocycles. The lowest BCUT2D eigenvalue weighted by molar-refractivity contribution is 0.414. The lowest BCUT2D eigenvalue weighted by atomic mass is 10.1. The highest BCUT2D eigenvalue weighted by Crippen LogP contribution is 2.20. The van der Waals surface area contributed by atoms with E-state index in [-0.39, 0.29) is 12.0 Å². The number of hydrogen-bond acceptors (Lipinski definition) is 5. The van der Waals surface area contributed by atoms with E-state index < -0.39 is 0 Å². The Morgan fingerprint density at radius 2 is 1.94 bits per heavy atom. The minimum absolute atomic E-state index is 0.130. The third-order valence-electron chi connectivity index (χ3n) is 2.65. The van der Waals surface area contributed by atoms with Gasteiger partial charge in [0.1, 0.15) is 11.6 Å². The van der Waals surface area contributed by atoms with Gasteiger partial charge in [-0.2, -0.15) is 4.98 Å². The molecule has 0 saturated heterocycles. The van der Waals surface area contributed by atoms with E-state index in [9.17, 15) is 0 Å². The smallest absolute Gasteiger partial charge is 0.221 e. The van der Waals surface area contributed by atoms with Gasteiger partial charge < -0.3 is 15.8 Å². The van der Waals surface area contributed by atoms with Crippen LogP contribution in [0.15, 0.2) is 36.5 Å². The van der Waals surface area contributed by atoms with Gasteiger partial charge in [0.05, 0.1) is 7.11 Å². The van der Waals surface area contributed by atoms with Crippen molar-refractivity contribution >= 4 is 11.8 Å². The summed E-state index contributed by atoms with van der Waals surface area (Å²) in [5.41, 5.74) is 6.68. The molecule has 0 aliphatic carbocycles. The van der Waals surface area contributed by atoms with Crippen molar-refractivity contribution in [2.24, 2.45) is 0 Å². The molecule has 0 aliphatic heterocycles. The normalized spacial score (nSPS) is 11.9. The van der Waals surface area contributed by atoms with Crippen LogP contribution >= 0.6 is 0 Å². The lowest BCUT2D eigenvalue weighted by Gasteiger charge is -2.15. The number of nitrogen functional groups attached to an aromatic ring is 1. The average molecular weight is 244 g/mol. The van der Waals surface area contributed by atoms with Crippen molar-refractivity contribution in [1.29, 1.82) is 0 Å². The highest BCUT2D eigenvalue weighted by atomic mass is 16.5. The van der Waals surface area contributed by atoms with Gasteiger partial charge in [0.15, 0.2) is 0 Å². The van der Waals surface area contributed by atoms with Crippen molar-refractivity contribution < 1.29 is 4.74 Å². The molecule has 0 amide bonds. The zero-order valence-corrected chi connectivity index (χ0v) is 10.4. The van der Waals surface area contributed by atoms with Crippen LogP contribution in [0, 0.1) is 0 Å². The van der Waals surface area contributed by atoms with Crippen LogP contribution in [-0.2, 0) is 0 Å². The second-order valence-corrected chi connectivity index (χ2v) is 3.94. The van der Waals surface area contributed by atoms with Crippen molar-refractivity contribution in [3.8, 4) is 5.75 Å². The quantitative estimate of drug-likeness (QED) is 0.862. The van der Waals surface area contributed by atoms with Crippen molar-refractivity contribution in [1.82, 2.24) is 9.97 Å². The number of nitrogens with two attached hydrogens (primary N) is 1. The lowest BCUT2D eigenvalue weighted by Crippen LogP contribution is -2.09. The van der Waals surface area contributed by atoms with Crippen molar-refractivity contribution in [3.63, 3.8) is 0 Å². The SMILES string of the molecule is COc1ccc(C(C)Nc2ccnc(N)n2)cc1. The predicted octanol–water partition coefficient (Wildman–Crippen LogP) is 2.24. The summed E-state index contributed by atoms with van der Waals surface area (Å²) in [5, 5.41) is 3.26. The highest BCUT2D eigenvalue weighted by molar-refractivity contribution is 5.41. The maximum atomic E-state index is 5.53. The van der Waals surface area contributed by atoms with E-state index in [0.717, 1.165) is 11.3 Å². The van der Waals surface area contributed by atoms with Crippen LogP contribution in [0.5, 0.6) is 5.75 Å². The Bertz CT molecular complexity index is 513. The first-order valence-electron chi connectivity index (χ1n) is 5.68. The number of anilines is 2. The second kappa shape index (κ2) is 5.35. The van der Waals surface area contributed by atoms with Gasteiger partial charge in [-0.1, -0.05) is 12.1 Å². The summed E-state index contributed by atoms with van der Waals surface area (Å²) < 4.78 is 5.13. The Kier molecular flexibility index (Phi) is 3.62. The van der Waals surface area contributed by atoms with Gasteiger partial charge in [-0.25, -0.2) is 4.98 Å². The molecule has 5 heteroatoms. The molecular formula is C13H16N4O. The number of methoxy groups -OCH3 is 1. The Hall–Kier alpha value is -2.30. The fourth-order valence-electron chi connectivity index (χ4n) is 1.65. The van der Waals surface area contributed by atoms with Crippen LogP contribution in [0.3, 0.4) is 0 Å². The number of rotatable bonds is 4. The molecule has 0 spiro atoms. The molecule has 1 heterocycles. The summed E-state index contributed by atoms with van der Waals surface area (Å²) in [7, 11) is 1.65. The number of nitrogens with zero attached hydrogens (tertiary/aromatic N) is 2. The third kappa shape index (κ3) is 2.88. The zero-order valence-electron chi connectivity index (χ0n) is 10.4. The van der Waals surface area contributed by atoms with Crippen LogP contribution in [0.25, 0.3) is 0 Å². The number of nitrogens with one attached hydrogen (secondary N) is 1. The van der Waals surface area contributed by atoms with E-state index in [1.165, 1.54) is 0 Å². The Balaban J connectivity index is 2.09. The molecule has 0 aliphatic rings. The summed E-state index contributed by atoms with van der Waals surface area (Å²) in [4.78, 5) is 7.96. The van der Waals surface area contributed by atoms with Crippen LogP contribution < -0.4 is 15.8 Å². The van der Waals surface area contributed by atoms with Crippen LogP contribution in [0.1, 0.15) is 18.5 Å². The van der Waals surface area contributed by atoms with Gasteiger partial charge in [0, 0.05) is 12.2 Å². The first kappa shape index (κ1) is 12.2. The molecule has 0 saturated carbocycles. The van der Waals surface area contributed by atoms with Crippen molar-refractivity contribution in [3.05, 3.63) is 42.1 Å². The molecule has 94 valence electrons. The summed E-state index contributed by atoms with van der Waals surface area (Å²) in [6.45, 7) is 2.06. The zero-order chi connectivity index (χ0) is 13.0. The summed E-state index contributed by atoms with van der Waals surface area (Å²) >= 11 is 0. The third-order valence-corrected chi connectivity index (χ3v) is 2.65. The van der Waals surface area contributed by atoms with E-state index >= 15 is 0 Å². The fraction of sp³-hybridized carbons (Fsp3) is 0.231. The average Bonchev–Trinajstić information content (AvgIpc) is 2.39. The summed E-state index contributed by atoms with van der Waals surface area (Å²) in [6, 6.07) is 9.81. The Labute approximate surface area is 106 Å². The van der Waals surface area contributed by atoms with Gasteiger partial charge in [-0.15, -0.1) is 0 Å². The van der Waals surface area contributed by atoms with Crippen LogP contribution in [-0.4, -0.2) is 17.1 Å². The molecule has 2 aromatic rings. The summed E-state index contributed by atoms with van der Waals surface area (Å²) in [5.74, 6) is 1.82. The highest BCUT2D eigenvalue weighted by Gasteiger charge is 2.06. The van der Waals surface area contributed by atoms with E-state index in [2.05, 4.69) is 22.2 Å². The van der Waals surface area contributed by atoms with Gasteiger partial charge in [-0.3, -0.25) is 0 Å². The first-order chi connectivity index (χ1) is 8.69. The predicted molar refractivity (Wildman–Crippen MR) is 71.5 cm³/mol. The maximum Gasteiger partial charge on any atom is 0.221 e. The Morgan fingerprint density at radius 1 is 1.22 bits per heavy atom. The van der Waals surface area contributed by atoms with Crippen LogP contribution in [0.2, 0.25) is 0 Å². The number of ether oxygens (including phenoxy) is 1. The molecule has 5 nitrogen and oxygen atoms in total. The largest absolute Gasteiger partial charge is 0.497 e. The minimum Gasteiger partial charge on any atom is -0.497 e. The summed E-state index contributed by atoms with van der Waals surface area (Å²) in [6.07, 6.45) is 1.63. The van der Waals surface area contributed by atoms with Crippen LogP contribution in [0.4, 0.5) is 11.8 Å². The van der Waals surface area contributed by atoms with Gasteiger partial charge in [0.25, 0.3) is 0 Å². The Morgan fingerprint density at radius 3 is 2.56 bits per heavy atom. The molecule has 0 radical (unpaired) electrons. The molecule has 1 atom stereocenters. The molecule has 2 rings (SSSR count). The van der Waals surface area contributed by atoms with E-state index in [1.54, 1.807) is 19.4 Å². The molecule has 0 fully saturated rings. The van der Waals surface area contributed by atoms with E-state index in [1.807, 2.05) is 24.3 Å². The topological polar surface area (TPSA) is 73.1 Å². The molecule has 0 bridgehead atoms. The number of aromatic nitrogens is 2. The maximum absolute atomic E-state index is 5.53. The van der Waals surface area contributed by atoms with Crippen molar-refractivity contribution in [2.45, 2.75) is 13.0 Å². The first-order valence-corrected chi connectivity index (χ1v) is 5.68. The van der Waals surface area contributed by atoms with Gasteiger partial charge in [0.2, 0.25) is 5.95 Å². The minimum atomic E-state index is 0.130. The van der Waals surface area contributed by atoms with Gasteiger partial charge in [-0.05, 0) is 30.7 Å². The number of benzene rings is 1. The molecule has 18 heavy (non-hydrogen) atoms. The fourth-order valence-corrected chi connectivity index (χ4v) is 1.65. The van der Waals surface area contributed by atoms with Gasteiger partial charge >= 0.3 is 0 Å². The second-order valence-electron chi connectivity index (χ2n) is 3.94. The van der Waals surface area contributed by atoms with E-state index in [0.29, 0.717) is 5.82 Å². The van der Waals surface area contributed by atoms with Crippen molar-refractivity contribution in [2.75, 3.05) is 18.2 Å². The van der Waals surface area contributed by atoms with E-state index in [4.69, 9.17) is 10.5 Å². The molecular weight excluding hydrogens is 228 g/mol. The monoisotopic (exact) mass is 244 g/mol. The number of hydrogen-bond donors (Lipinski definition) is 2. The standard InChI is InChI=1S/C13H16N4O/c1-9(10-3-5-11(18-2)6-4-10)16-12-7-8-15-13(14)17-12/h3-9H,1-2H3,(H3,14,15,16,17). The molecule has 1 unspecified atom stereocenters. The molecule has 3 N–H and O–H groups in total.